The molecule has 0 aliphatic carbocycles. The second-order valence-corrected chi connectivity index (χ2v) is 14.7. The van der Waals surface area contributed by atoms with E-state index in [2.05, 4.69) is 26.0 Å². The van der Waals surface area contributed by atoms with Gasteiger partial charge < -0.3 is 14.7 Å². The molecule has 0 unspecified atom stereocenters. The second-order valence-electron chi connectivity index (χ2n) is 14.7. The molecule has 5 heterocycles. The summed E-state index contributed by atoms with van der Waals surface area (Å²) < 4.78 is 311. The molecule has 2 aliphatic heterocycles. The number of nitrogens with zero attached hydrogens (tertiary/aromatic N) is 4. The number of benzene rings is 4. The van der Waals surface area contributed by atoms with Gasteiger partial charge in [0.25, 0.3) is 0 Å². The zero-order valence-corrected chi connectivity index (χ0v) is 35.2. The van der Waals surface area contributed by atoms with Crippen molar-refractivity contribution in [2.45, 2.75) is 6.92 Å². The van der Waals surface area contributed by atoms with Crippen LogP contribution < -0.4 is 4.98 Å². The molecular formula is C46H11CuF20N4O-3. The maximum absolute atomic E-state index is 16.0. The summed E-state index contributed by atoms with van der Waals surface area (Å²) in [5.41, 5.74) is -21.4. The van der Waals surface area contributed by atoms with Gasteiger partial charge in [-0.05, 0) is 42.0 Å². The standard InChI is InChI=1S/C46H11F20N4O.Cu/c1-2-71-46-11-8-17(70-46)21(25-32(53)40(61)45(66)41(62)33(25)54)15-5-3-12(68-15)18(22-26(47)34(55)42(63)35(56)27(22)48)10-7-16(67-9-10)20(24-30(51)38(59)44(65)39(60)31(24)52)14-6-4-13(69-14)19(11)23-28(49)36(57)43(64)37(58)29(23)50;/h3-7,9H,2H2,1H3;/q-3;. The molecule has 9 rings (SSSR count). The number of ether oxygens (including phenoxy) is 1. The predicted molar refractivity (Wildman–Crippen MR) is 208 cm³/mol. The van der Waals surface area contributed by atoms with E-state index in [1.165, 1.54) is 0 Å². The summed E-state index contributed by atoms with van der Waals surface area (Å²) in [4.78, 5) is 15.5. The average Bonchev–Trinajstić information content (AvgIpc) is 4.21. The van der Waals surface area contributed by atoms with E-state index >= 15 is 52.7 Å². The molecule has 72 heavy (non-hydrogen) atoms. The normalized spacial score (nSPS) is 12.2. The molecule has 0 amide bonds. The first-order valence-electron chi connectivity index (χ1n) is 19.2. The number of fused-ring (bicyclic) bond motifs is 8. The fraction of sp³-hybridized carbons (Fsp3) is 0.0435. The van der Waals surface area contributed by atoms with Gasteiger partial charge in [-0.15, -0.1) is 17.5 Å². The Morgan fingerprint density at radius 2 is 0.806 bits per heavy atom. The van der Waals surface area contributed by atoms with Gasteiger partial charge in [-0.3, -0.25) is 9.98 Å². The molecule has 3 aromatic heterocycles. The van der Waals surface area contributed by atoms with Crippen LogP contribution in [0.5, 0.6) is 0 Å². The van der Waals surface area contributed by atoms with E-state index in [-0.39, 0.29) is 17.1 Å². The molecule has 375 valence electrons. The van der Waals surface area contributed by atoms with E-state index in [0.717, 1.165) is 6.92 Å². The van der Waals surface area contributed by atoms with Gasteiger partial charge in [0.05, 0.1) is 6.61 Å². The summed E-state index contributed by atoms with van der Waals surface area (Å²) in [6.45, 7) is 0.536. The van der Waals surface area contributed by atoms with E-state index in [4.69, 9.17) is 4.74 Å². The average molecular weight is 1080 g/mol. The van der Waals surface area contributed by atoms with Crippen molar-refractivity contribution < 1.29 is 110 Å². The van der Waals surface area contributed by atoms with Crippen molar-refractivity contribution in [3.63, 3.8) is 0 Å². The van der Waals surface area contributed by atoms with Gasteiger partial charge in [-0.25, -0.2) is 87.8 Å². The van der Waals surface area contributed by atoms with E-state index in [1.54, 1.807) is 0 Å². The third-order valence-electron chi connectivity index (χ3n) is 10.8. The third kappa shape index (κ3) is 7.39. The van der Waals surface area contributed by atoms with Gasteiger partial charge in [0, 0.05) is 50.7 Å². The summed E-state index contributed by atoms with van der Waals surface area (Å²) in [5.74, 6) is -54.7. The number of halogens is 20. The topological polar surface area (TPSA) is 61.5 Å². The Morgan fingerprint density at radius 1 is 0.458 bits per heavy atom. The van der Waals surface area contributed by atoms with Crippen molar-refractivity contribution in [3.05, 3.63) is 164 Å². The largest absolute Gasteiger partial charge is 0.673 e. The minimum absolute atomic E-state index is 0. The monoisotopic (exact) mass is 1080 g/mol. The van der Waals surface area contributed by atoms with Crippen LogP contribution in [0.15, 0.2) is 29.4 Å². The fourth-order valence-electron chi connectivity index (χ4n) is 7.66. The Kier molecular flexibility index (Phi) is 12.8. The van der Waals surface area contributed by atoms with Crippen LogP contribution in [0, 0.1) is 122 Å². The first kappa shape index (κ1) is 50.8. The molecular weight excluding hydrogens is 1070 g/mol. The van der Waals surface area contributed by atoms with Crippen LogP contribution in [0.3, 0.4) is 0 Å². The molecule has 4 aromatic carbocycles. The zero-order valence-electron chi connectivity index (χ0n) is 34.2. The Balaban J connectivity index is 0.00000693. The summed E-state index contributed by atoms with van der Waals surface area (Å²) in [7, 11) is 0. The SMILES string of the molecule is CCOC1=Nc2[c-]c1c(-c1c(F)c(F)c(F)c(F)c1F)c1ccc([n-]1)c(-c1c(F)c(F)c(F)c(F)c1F)c1[cH-]c(cn1)c(-c1c(F)c(F)c(F)c(F)c1F)c1nc(c2-c2c(F)c(F)c(F)c(F)c2F)C=C1.[Cu]. The van der Waals surface area contributed by atoms with Crippen LogP contribution in [0.2, 0.25) is 0 Å². The molecule has 0 saturated carbocycles. The molecule has 0 fully saturated rings. The van der Waals surface area contributed by atoms with Crippen molar-refractivity contribution in [1.29, 1.82) is 0 Å². The van der Waals surface area contributed by atoms with E-state index < -0.39 is 218 Å². The molecule has 2 aliphatic rings. The fourth-order valence-corrected chi connectivity index (χ4v) is 7.66. The molecule has 0 atom stereocenters. The molecule has 0 N–H and O–H groups in total. The minimum atomic E-state index is -2.76. The second kappa shape index (κ2) is 18.2. The van der Waals surface area contributed by atoms with Crippen LogP contribution in [-0.4, -0.2) is 22.5 Å². The number of aliphatic imine (C=N–C) groups is 1. The summed E-state index contributed by atoms with van der Waals surface area (Å²) >= 11 is 0. The van der Waals surface area contributed by atoms with Gasteiger partial charge in [0.1, 0.15) is 5.90 Å². The molecule has 7 aromatic rings. The quantitative estimate of drug-likeness (QED) is 0.0566. The van der Waals surface area contributed by atoms with Crippen LogP contribution in [-0.2, 0) is 21.8 Å². The van der Waals surface area contributed by atoms with Crippen LogP contribution in [0.25, 0.3) is 78.6 Å². The molecule has 0 spiro atoms. The minimum Gasteiger partial charge on any atom is -0.673 e. The Labute approximate surface area is 396 Å². The van der Waals surface area contributed by atoms with E-state index in [1.807, 2.05) is 0 Å². The van der Waals surface area contributed by atoms with Crippen molar-refractivity contribution in [1.82, 2.24) is 15.0 Å². The molecule has 8 bridgehead atoms. The van der Waals surface area contributed by atoms with Gasteiger partial charge >= 0.3 is 0 Å². The molecule has 26 heteroatoms. The van der Waals surface area contributed by atoms with E-state index in [0.29, 0.717) is 36.5 Å². The van der Waals surface area contributed by atoms with E-state index in [9.17, 15) is 35.1 Å². The molecule has 5 nitrogen and oxygen atoms in total. The summed E-state index contributed by atoms with van der Waals surface area (Å²) in [6, 6.07) is 3.66. The molecule has 1 radical (unpaired) electrons. The Bertz CT molecular complexity index is 3690. The number of hydrogen-bond donors (Lipinski definition) is 0. The van der Waals surface area contributed by atoms with Crippen molar-refractivity contribution in [2.24, 2.45) is 4.99 Å². The maximum Gasteiger partial charge on any atom is 0.200 e. The summed E-state index contributed by atoms with van der Waals surface area (Å²) in [5, 5.41) is -0.960. The van der Waals surface area contributed by atoms with Crippen molar-refractivity contribution in [2.75, 3.05) is 6.61 Å². The number of rotatable bonds is 5. The molecule has 0 saturated heterocycles. The Hall–Kier alpha value is -7.60. The smallest absolute Gasteiger partial charge is 0.200 e. The Morgan fingerprint density at radius 3 is 1.22 bits per heavy atom. The number of aromatic nitrogens is 3. The van der Waals surface area contributed by atoms with Crippen LogP contribution in [0.4, 0.5) is 93.5 Å². The first-order valence-corrected chi connectivity index (χ1v) is 19.2. The van der Waals surface area contributed by atoms with Crippen LogP contribution in [0.1, 0.15) is 23.9 Å². The number of hydrogen-bond acceptors (Lipinski definition) is 4. The van der Waals surface area contributed by atoms with Crippen LogP contribution >= 0.6 is 0 Å². The summed E-state index contributed by atoms with van der Waals surface area (Å²) in [6.07, 6.45) is 1.51. The first-order chi connectivity index (χ1) is 33.5. The van der Waals surface area contributed by atoms with Gasteiger partial charge in [0.2, 0.25) is 0 Å². The zero-order chi connectivity index (χ0) is 51.6. The van der Waals surface area contributed by atoms with Gasteiger partial charge in [-0.2, -0.15) is 11.0 Å². The van der Waals surface area contributed by atoms with Gasteiger partial charge in [-0.1, -0.05) is 34.4 Å². The van der Waals surface area contributed by atoms with Crippen molar-refractivity contribution in [3.8, 4) is 44.5 Å². The maximum atomic E-state index is 16.0. The third-order valence-corrected chi connectivity index (χ3v) is 10.8. The van der Waals surface area contributed by atoms with Gasteiger partial charge in [0.15, 0.2) is 116 Å². The predicted octanol–water partition coefficient (Wildman–Crippen LogP) is 13.9. The van der Waals surface area contributed by atoms with Crippen molar-refractivity contribution >= 4 is 45.7 Å².